The monoisotopic (exact) mass is 184 g/mol. The van der Waals surface area contributed by atoms with Gasteiger partial charge in [-0.2, -0.15) is 0 Å². The first-order valence-electron chi connectivity index (χ1n) is 4.16. The van der Waals surface area contributed by atoms with Gasteiger partial charge in [-0.05, 0) is 6.07 Å². The summed E-state index contributed by atoms with van der Waals surface area (Å²) in [7, 11) is 1.50. The molecule has 1 aliphatic carbocycles. The molecular weight excluding hydrogens is 174 g/mol. The molecule has 1 unspecified atom stereocenters. The smallest absolute Gasteiger partial charge is 0.256 e. The summed E-state index contributed by atoms with van der Waals surface area (Å²) in [6, 6.07) is 6.95. The average Bonchev–Trinajstić information content (AvgIpc) is 2.75. The summed E-state index contributed by atoms with van der Waals surface area (Å²) in [5, 5.41) is 0. The van der Waals surface area contributed by atoms with Gasteiger partial charge in [0.2, 0.25) is 0 Å². The molecule has 0 spiro atoms. The maximum atomic E-state index is 12.7. The number of para-hydroxylation sites is 1. The van der Waals surface area contributed by atoms with Gasteiger partial charge in [-0.15, -0.1) is 0 Å². The molecule has 1 saturated carbocycles. The first-order chi connectivity index (χ1) is 6.15. The van der Waals surface area contributed by atoms with E-state index in [1.807, 2.05) is 0 Å². The van der Waals surface area contributed by atoms with Crippen molar-refractivity contribution in [1.82, 2.24) is 0 Å². The van der Waals surface area contributed by atoms with Gasteiger partial charge in [-0.25, -0.2) is 8.78 Å². The van der Waals surface area contributed by atoms with Crippen LogP contribution in [-0.4, -0.2) is 13.0 Å². The lowest BCUT2D eigenvalue weighted by molar-refractivity contribution is 0.111. The first kappa shape index (κ1) is 8.48. The van der Waals surface area contributed by atoms with Crippen LogP contribution >= 0.6 is 0 Å². The van der Waals surface area contributed by atoms with Crippen LogP contribution in [0.3, 0.4) is 0 Å². The quantitative estimate of drug-likeness (QED) is 0.686. The van der Waals surface area contributed by atoms with E-state index in [4.69, 9.17) is 4.74 Å². The van der Waals surface area contributed by atoms with E-state index in [0.29, 0.717) is 11.3 Å². The molecule has 3 heteroatoms. The third-order valence-electron chi connectivity index (χ3n) is 2.34. The Morgan fingerprint density at radius 3 is 2.54 bits per heavy atom. The van der Waals surface area contributed by atoms with Crippen LogP contribution in [0.15, 0.2) is 24.3 Å². The van der Waals surface area contributed by atoms with Crippen LogP contribution in [0.25, 0.3) is 0 Å². The van der Waals surface area contributed by atoms with Gasteiger partial charge >= 0.3 is 0 Å². The SMILES string of the molecule is COc1ccccc1C1CC1(F)F. The predicted octanol–water partition coefficient (Wildman–Crippen LogP) is 2.82. The van der Waals surface area contributed by atoms with Gasteiger partial charge in [0, 0.05) is 12.0 Å². The molecular formula is C10H10F2O. The Morgan fingerprint density at radius 1 is 1.38 bits per heavy atom. The standard InChI is InChI=1S/C10H10F2O/c1-13-9-5-3-2-4-7(9)8-6-10(8,11)12/h2-5,8H,6H2,1H3. The molecule has 0 aliphatic heterocycles. The fourth-order valence-corrected chi connectivity index (χ4v) is 1.50. The van der Waals surface area contributed by atoms with Gasteiger partial charge in [0.15, 0.2) is 0 Å². The summed E-state index contributed by atoms with van der Waals surface area (Å²) in [5.41, 5.74) is 0.620. The zero-order valence-corrected chi connectivity index (χ0v) is 7.26. The molecule has 0 radical (unpaired) electrons. The second-order valence-electron chi connectivity index (χ2n) is 3.26. The molecule has 0 heterocycles. The van der Waals surface area contributed by atoms with E-state index in [2.05, 4.69) is 0 Å². The lowest BCUT2D eigenvalue weighted by Gasteiger charge is -2.06. The van der Waals surface area contributed by atoms with Crippen molar-refractivity contribution in [3.8, 4) is 5.75 Å². The predicted molar refractivity (Wildman–Crippen MR) is 45.3 cm³/mol. The van der Waals surface area contributed by atoms with Crippen molar-refractivity contribution in [3.05, 3.63) is 29.8 Å². The Bertz CT molecular complexity index is 322. The first-order valence-corrected chi connectivity index (χ1v) is 4.16. The van der Waals surface area contributed by atoms with Crippen molar-refractivity contribution in [2.24, 2.45) is 0 Å². The van der Waals surface area contributed by atoms with Gasteiger partial charge in [0.1, 0.15) is 5.75 Å². The van der Waals surface area contributed by atoms with Crippen molar-refractivity contribution >= 4 is 0 Å². The molecule has 0 saturated heterocycles. The van der Waals surface area contributed by atoms with E-state index in [1.165, 1.54) is 7.11 Å². The number of hydrogen-bond acceptors (Lipinski definition) is 1. The van der Waals surface area contributed by atoms with E-state index >= 15 is 0 Å². The summed E-state index contributed by atoms with van der Waals surface area (Å²) in [5.74, 6) is -2.59. The maximum absolute atomic E-state index is 12.7. The van der Waals surface area contributed by atoms with Crippen LogP contribution in [0.4, 0.5) is 8.78 Å². The maximum Gasteiger partial charge on any atom is 0.256 e. The van der Waals surface area contributed by atoms with Gasteiger partial charge in [-0.3, -0.25) is 0 Å². The molecule has 1 aromatic rings. The number of halogens is 2. The molecule has 1 nitrogen and oxygen atoms in total. The fourth-order valence-electron chi connectivity index (χ4n) is 1.50. The van der Waals surface area contributed by atoms with Gasteiger partial charge in [0.25, 0.3) is 5.92 Å². The molecule has 0 bridgehead atoms. The molecule has 2 rings (SSSR count). The zero-order valence-electron chi connectivity index (χ0n) is 7.26. The number of benzene rings is 1. The van der Waals surface area contributed by atoms with Crippen molar-refractivity contribution < 1.29 is 13.5 Å². The summed E-state index contributed by atoms with van der Waals surface area (Å²) in [4.78, 5) is 0. The fraction of sp³-hybridized carbons (Fsp3) is 0.400. The Balaban J connectivity index is 2.31. The molecule has 0 amide bonds. The molecule has 0 aromatic heterocycles. The van der Waals surface area contributed by atoms with Crippen LogP contribution in [0, 0.1) is 0 Å². The lowest BCUT2D eigenvalue weighted by Crippen LogP contribution is -1.95. The van der Waals surface area contributed by atoms with Gasteiger partial charge in [0.05, 0.1) is 13.0 Å². The number of ether oxygens (including phenoxy) is 1. The van der Waals surface area contributed by atoms with Crippen molar-refractivity contribution in [1.29, 1.82) is 0 Å². The minimum atomic E-state index is -2.52. The zero-order chi connectivity index (χ0) is 9.47. The number of alkyl halides is 2. The van der Waals surface area contributed by atoms with Crippen LogP contribution in [0.2, 0.25) is 0 Å². The largest absolute Gasteiger partial charge is 0.496 e. The highest BCUT2D eigenvalue weighted by Crippen LogP contribution is 2.57. The summed E-state index contributed by atoms with van der Waals surface area (Å²) in [6.07, 6.45) is -0.0482. The van der Waals surface area contributed by atoms with Gasteiger partial charge < -0.3 is 4.74 Å². The number of methoxy groups -OCH3 is 1. The molecule has 1 aromatic carbocycles. The molecule has 1 aliphatic rings. The Hall–Kier alpha value is -1.12. The van der Waals surface area contributed by atoms with Crippen LogP contribution < -0.4 is 4.74 Å². The second-order valence-corrected chi connectivity index (χ2v) is 3.26. The second kappa shape index (κ2) is 2.69. The minimum absolute atomic E-state index is 0.0482. The number of hydrogen-bond donors (Lipinski definition) is 0. The average molecular weight is 184 g/mol. The van der Waals surface area contributed by atoms with Crippen molar-refractivity contribution in [2.75, 3.05) is 7.11 Å². The molecule has 0 N–H and O–H groups in total. The van der Waals surface area contributed by atoms with Gasteiger partial charge in [-0.1, -0.05) is 18.2 Å². The van der Waals surface area contributed by atoms with Crippen LogP contribution in [-0.2, 0) is 0 Å². The molecule has 1 fully saturated rings. The molecule has 13 heavy (non-hydrogen) atoms. The van der Waals surface area contributed by atoms with E-state index in [9.17, 15) is 8.78 Å². The lowest BCUT2D eigenvalue weighted by atomic mass is 10.1. The van der Waals surface area contributed by atoms with E-state index in [-0.39, 0.29) is 6.42 Å². The summed E-state index contributed by atoms with van der Waals surface area (Å²) >= 11 is 0. The highest BCUT2D eigenvalue weighted by atomic mass is 19.3. The Morgan fingerprint density at radius 2 is 2.00 bits per heavy atom. The third-order valence-corrected chi connectivity index (χ3v) is 2.34. The van der Waals surface area contributed by atoms with E-state index in [1.54, 1.807) is 24.3 Å². The van der Waals surface area contributed by atoms with E-state index in [0.717, 1.165) is 0 Å². The minimum Gasteiger partial charge on any atom is -0.496 e. The highest BCUT2D eigenvalue weighted by Gasteiger charge is 2.58. The third kappa shape index (κ3) is 1.39. The highest BCUT2D eigenvalue weighted by molar-refractivity contribution is 5.41. The molecule has 70 valence electrons. The molecule has 1 atom stereocenters. The van der Waals surface area contributed by atoms with Crippen LogP contribution in [0.1, 0.15) is 17.9 Å². The summed E-state index contributed by atoms with van der Waals surface area (Å²) < 4.78 is 30.5. The van der Waals surface area contributed by atoms with E-state index < -0.39 is 11.8 Å². The number of rotatable bonds is 2. The summed E-state index contributed by atoms with van der Waals surface area (Å²) in [6.45, 7) is 0. The van der Waals surface area contributed by atoms with Crippen LogP contribution in [0.5, 0.6) is 5.75 Å². The van der Waals surface area contributed by atoms with Crippen molar-refractivity contribution in [2.45, 2.75) is 18.3 Å². The Kier molecular flexibility index (Phi) is 1.75. The van der Waals surface area contributed by atoms with Crippen molar-refractivity contribution in [3.63, 3.8) is 0 Å². The normalized spacial score (nSPS) is 24.1. The Labute approximate surface area is 75.3 Å². The topological polar surface area (TPSA) is 9.23 Å².